The molecule has 0 saturated carbocycles. The Morgan fingerprint density at radius 2 is 1.97 bits per heavy atom. The number of aryl methyl sites for hydroxylation is 1. The van der Waals surface area contributed by atoms with E-state index in [1.165, 1.54) is 18.4 Å². The van der Waals surface area contributed by atoms with Gasteiger partial charge in [-0.1, -0.05) is 0 Å². The maximum atomic E-state index is 12.8. The van der Waals surface area contributed by atoms with Crippen molar-refractivity contribution < 1.29 is 14.3 Å². The number of aromatic nitrogens is 2. The molecule has 0 unspecified atom stereocenters. The number of amides is 1. The molecule has 0 aliphatic rings. The second-order valence-electron chi connectivity index (χ2n) is 6.42. The van der Waals surface area contributed by atoms with E-state index in [9.17, 15) is 9.59 Å². The second-order valence-corrected chi connectivity index (χ2v) is 7.84. The minimum atomic E-state index is -0.509. The largest absolute Gasteiger partial charge is 0.465 e. The van der Waals surface area contributed by atoms with E-state index in [2.05, 4.69) is 15.7 Å². The van der Waals surface area contributed by atoms with E-state index in [-0.39, 0.29) is 5.91 Å². The molecule has 158 valence electrons. The van der Waals surface area contributed by atoms with Crippen LogP contribution in [0.1, 0.15) is 50.7 Å². The lowest BCUT2D eigenvalue weighted by atomic mass is 10.1. The third-order valence-corrected chi connectivity index (χ3v) is 6.23. The third kappa shape index (κ3) is 4.94. The van der Waals surface area contributed by atoms with Gasteiger partial charge in [-0.25, -0.2) is 4.79 Å². The topological polar surface area (TPSA) is 88.5 Å². The van der Waals surface area contributed by atoms with Gasteiger partial charge in [0.2, 0.25) is 0 Å². The van der Waals surface area contributed by atoms with Crippen LogP contribution >= 0.6 is 23.6 Å². The van der Waals surface area contributed by atoms with Gasteiger partial charge in [0.25, 0.3) is 5.91 Å². The zero-order valence-electron chi connectivity index (χ0n) is 17.6. The lowest BCUT2D eigenvalue weighted by Crippen LogP contribution is -2.30. The average Bonchev–Trinajstić information content (AvgIpc) is 3.19. The van der Waals surface area contributed by atoms with Gasteiger partial charge in [0.15, 0.2) is 5.11 Å². The summed E-state index contributed by atoms with van der Waals surface area (Å²) in [5.41, 5.74) is 2.97. The maximum absolute atomic E-state index is 12.8. The Morgan fingerprint density at radius 1 is 1.31 bits per heavy atom. The number of ether oxygens (including phenoxy) is 1. The van der Waals surface area contributed by atoms with Crippen molar-refractivity contribution in [1.29, 1.82) is 0 Å². The summed E-state index contributed by atoms with van der Waals surface area (Å²) < 4.78 is 6.71. The first kappa shape index (κ1) is 22.8. The van der Waals surface area contributed by atoms with Crippen molar-refractivity contribution in [2.24, 2.45) is 7.05 Å². The lowest BCUT2D eigenvalue weighted by molar-refractivity contribution is 0.0601. The van der Waals surface area contributed by atoms with Crippen LogP contribution in [0.4, 0.5) is 5.00 Å². The summed E-state index contributed by atoms with van der Waals surface area (Å²) in [5.74, 6) is -0.619. The smallest absolute Gasteiger partial charge is 0.341 e. The fourth-order valence-corrected chi connectivity index (χ4v) is 4.25. The molecule has 0 bridgehead atoms. The van der Waals surface area contributed by atoms with Gasteiger partial charge in [0.1, 0.15) is 5.00 Å². The van der Waals surface area contributed by atoms with E-state index in [0.29, 0.717) is 45.8 Å². The van der Waals surface area contributed by atoms with Crippen molar-refractivity contribution in [3.8, 4) is 0 Å². The summed E-state index contributed by atoms with van der Waals surface area (Å²) >= 11 is 6.60. The van der Waals surface area contributed by atoms with Crippen LogP contribution in [0.2, 0.25) is 0 Å². The number of rotatable bonds is 7. The van der Waals surface area contributed by atoms with Crippen LogP contribution in [-0.4, -0.2) is 51.9 Å². The van der Waals surface area contributed by atoms with E-state index in [0.717, 1.165) is 11.3 Å². The molecule has 10 heteroatoms. The number of hydrogen-bond acceptors (Lipinski definition) is 6. The molecule has 0 spiro atoms. The molecule has 2 heterocycles. The monoisotopic (exact) mass is 437 g/mol. The van der Waals surface area contributed by atoms with Gasteiger partial charge >= 0.3 is 5.97 Å². The Morgan fingerprint density at radius 3 is 2.48 bits per heavy atom. The van der Waals surface area contributed by atoms with Crippen LogP contribution in [0.3, 0.4) is 0 Å². The Labute approximate surface area is 180 Å². The third-order valence-electron chi connectivity index (χ3n) is 4.78. The van der Waals surface area contributed by atoms with E-state index in [1.54, 1.807) is 22.7 Å². The molecule has 0 radical (unpaired) electrons. The minimum absolute atomic E-state index is 0.111. The first-order valence-electron chi connectivity index (χ1n) is 9.28. The van der Waals surface area contributed by atoms with Gasteiger partial charge < -0.3 is 20.3 Å². The molecule has 0 fully saturated rings. The van der Waals surface area contributed by atoms with Crippen LogP contribution in [0.5, 0.6) is 0 Å². The molecule has 0 aromatic carbocycles. The number of nitrogens with one attached hydrogen (secondary N) is 2. The molecule has 2 aromatic heterocycles. The number of anilines is 1. The Kier molecular flexibility index (Phi) is 7.74. The summed E-state index contributed by atoms with van der Waals surface area (Å²) in [6.45, 7) is 9.24. The van der Waals surface area contributed by atoms with Gasteiger partial charge in [0, 0.05) is 37.9 Å². The fraction of sp³-hybridized carbons (Fsp3) is 0.474. The highest BCUT2D eigenvalue weighted by Gasteiger charge is 2.27. The summed E-state index contributed by atoms with van der Waals surface area (Å²) in [6.07, 6.45) is 1.78. The standard InChI is InChI=1S/C19H27N5O3S2/c1-7-24(8-2)17(25)15-11(3)14(18(26)27-6)16(29-15)22-19(28)20-9-13-10-21-23(5)12(13)4/h10H,7-9H2,1-6H3,(H2,20,22,28). The number of nitrogens with zero attached hydrogens (tertiary/aromatic N) is 3. The van der Waals surface area contributed by atoms with Gasteiger partial charge in [-0.05, 0) is 45.5 Å². The number of carbonyl (C=O) groups excluding carboxylic acids is 2. The van der Waals surface area contributed by atoms with Crippen LogP contribution in [0.25, 0.3) is 0 Å². The van der Waals surface area contributed by atoms with Crippen LogP contribution < -0.4 is 10.6 Å². The van der Waals surface area contributed by atoms with E-state index >= 15 is 0 Å². The molecule has 29 heavy (non-hydrogen) atoms. The number of thiocarbonyl (C=S) groups is 1. The Hall–Kier alpha value is -2.46. The summed E-state index contributed by atoms with van der Waals surface area (Å²) in [4.78, 5) is 27.4. The van der Waals surface area contributed by atoms with Gasteiger partial charge in [-0.15, -0.1) is 11.3 Å². The molecular weight excluding hydrogens is 410 g/mol. The highest BCUT2D eigenvalue weighted by molar-refractivity contribution is 7.80. The molecule has 0 aliphatic heterocycles. The zero-order valence-corrected chi connectivity index (χ0v) is 19.2. The van der Waals surface area contributed by atoms with Gasteiger partial charge in [-0.2, -0.15) is 5.10 Å². The number of carbonyl (C=O) groups is 2. The molecule has 2 N–H and O–H groups in total. The number of thiophene rings is 1. The van der Waals surface area contributed by atoms with Crippen LogP contribution in [0.15, 0.2) is 6.20 Å². The molecule has 2 aromatic rings. The van der Waals surface area contributed by atoms with E-state index in [1.807, 2.05) is 27.8 Å². The number of methoxy groups -OCH3 is 1. The summed E-state index contributed by atoms with van der Waals surface area (Å²) in [6, 6.07) is 0. The summed E-state index contributed by atoms with van der Waals surface area (Å²) in [7, 11) is 3.19. The van der Waals surface area contributed by atoms with Gasteiger partial charge in [-0.3, -0.25) is 9.48 Å². The van der Waals surface area contributed by atoms with Crippen molar-refractivity contribution in [3.63, 3.8) is 0 Å². The van der Waals surface area contributed by atoms with E-state index in [4.69, 9.17) is 17.0 Å². The first-order valence-corrected chi connectivity index (χ1v) is 10.5. The molecule has 0 atom stereocenters. The molecule has 1 amide bonds. The van der Waals surface area contributed by atoms with Gasteiger partial charge in [0.05, 0.1) is 23.7 Å². The van der Waals surface area contributed by atoms with Crippen molar-refractivity contribution in [3.05, 3.63) is 33.5 Å². The molecule has 8 nitrogen and oxygen atoms in total. The predicted octanol–water partition coefficient (Wildman–Crippen LogP) is 2.85. The van der Waals surface area contributed by atoms with E-state index < -0.39 is 5.97 Å². The zero-order chi connectivity index (χ0) is 21.7. The normalized spacial score (nSPS) is 10.6. The number of esters is 1. The van der Waals surface area contributed by atoms with Crippen molar-refractivity contribution in [2.45, 2.75) is 34.2 Å². The lowest BCUT2D eigenvalue weighted by Gasteiger charge is -2.17. The summed E-state index contributed by atoms with van der Waals surface area (Å²) in [5, 5.41) is 11.2. The molecular formula is C19H27N5O3S2. The highest BCUT2D eigenvalue weighted by atomic mass is 32.1. The molecule has 0 aliphatic carbocycles. The van der Waals surface area contributed by atoms with Crippen molar-refractivity contribution in [2.75, 3.05) is 25.5 Å². The second kappa shape index (κ2) is 9.84. The molecule has 0 saturated heterocycles. The van der Waals surface area contributed by atoms with Crippen LogP contribution in [-0.2, 0) is 18.3 Å². The Balaban J connectivity index is 2.25. The first-order chi connectivity index (χ1) is 13.7. The number of hydrogen-bond donors (Lipinski definition) is 2. The molecule has 2 rings (SSSR count). The van der Waals surface area contributed by atoms with Crippen molar-refractivity contribution >= 4 is 45.5 Å². The maximum Gasteiger partial charge on any atom is 0.341 e. The Bertz CT molecular complexity index is 915. The minimum Gasteiger partial charge on any atom is -0.465 e. The predicted molar refractivity (Wildman–Crippen MR) is 119 cm³/mol. The average molecular weight is 438 g/mol. The highest BCUT2D eigenvalue weighted by Crippen LogP contribution is 2.34. The quantitative estimate of drug-likeness (QED) is 0.509. The fourth-order valence-electron chi connectivity index (χ4n) is 2.85. The van der Waals surface area contributed by atoms with Crippen LogP contribution in [0, 0.1) is 13.8 Å². The van der Waals surface area contributed by atoms with Crippen molar-refractivity contribution in [1.82, 2.24) is 20.0 Å². The SMILES string of the molecule is CCN(CC)C(=O)c1sc(NC(=S)NCc2cnn(C)c2C)c(C(=O)OC)c1C.